The average molecular weight is 273 g/mol. The Morgan fingerprint density at radius 1 is 1.33 bits per heavy atom. The topological polar surface area (TPSA) is 64.3 Å². The Bertz CT molecular complexity index is 341. The number of amides is 1. The molecule has 0 aliphatic carbocycles. The Hall–Kier alpha value is -1.26. The van der Waals surface area contributed by atoms with Crippen LogP contribution in [0.25, 0.3) is 0 Å². The maximum Gasteiger partial charge on any atom is 0.220 e. The largest absolute Gasteiger partial charge is 0.497 e. The second-order valence-electron chi connectivity index (χ2n) is 3.84. The highest BCUT2D eigenvalue weighted by atomic mass is 35.5. The summed E-state index contributed by atoms with van der Waals surface area (Å²) in [5.74, 6) is 0.929. The van der Waals surface area contributed by atoms with Gasteiger partial charge in [-0.3, -0.25) is 4.79 Å². The first-order valence-electron chi connectivity index (χ1n) is 5.86. The van der Waals surface area contributed by atoms with Gasteiger partial charge in [0.1, 0.15) is 5.75 Å². The van der Waals surface area contributed by atoms with E-state index in [1.807, 2.05) is 24.3 Å². The quantitative estimate of drug-likeness (QED) is 0.791. The molecular weight excluding hydrogens is 252 g/mol. The molecule has 0 saturated heterocycles. The van der Waals surface area contributed by atoms with E-state index in [1.54, 1.807) is 7.11 Å². The molecule has 5 heteroatoms. The lowest BCUT2D eigenvalue weighted by Gasteiger charge is -2.04. The smallest absolute Gasteiger partial charge is 0.220 e. The number of hydrogen-bond donors (Lipinski definition) is 2. The molecule has 0 heterocycles. The molecule has 0 spiro atoms. The van der Waals surface area contributed by atoms with Crippen LogP contribution in [-0.2, 0) is 11.2 Å². The minimum absolute atomic E-state index is 0. The molecule has 1 aromatic rings. The minimum atomic E-state index is 0. The number of nitrogens with two attached hydrogens (primary N) is 1. The summed E-state index contributed by atoms with van der Waals surface area (Å²) in [5.41, 5.74) is 6.52. The molecule has 18 heavy (non-hydrogen) atoms. The van der Waals surface area contributed by atoms with Gasteiger partial charge in [-0.15, -0.1) is 12.4 Å². The maximum absolute atomic E-state index is 11.3. The first-order chi connectivity index (χ1) is 8.26. The fourth-order valence-electron chi connectivity index (χ4n) is 1.55. The molecule has 0 aliphatic heterocycles. The molecular formula is C13H21ClN2O2. The summed E-state index contributed by atoms with van der Waals surface area (Å²) >= 11 is 0. The fraction of sp³-hybridized carbons (Fsp3) is 0.462. The van der Waals surface area contributed by atoms with Crippen LogP contribution >= 0.6 is 12.4 Å². The van der Waals surface area contributed by atoms with Gasteiger partial charge in [0.2, 0.25) is 5.91 Å². The lowest BCUT2D eigenvalue weighted by Crippen LogP contribution is -2.28. The van der Waals surface area contributed by atoms with Crippen molar-refractivity contribution < 1.29 is 9.53 Å². The molecule has 1 amide bonds. The van der Waals surface area contributed by atoms with Crippen molar-refractivity contribution in [3.63, 3.8) is 0 Å². The Morgan fingerprint density at radius 2 is 2.00 bits per heavy atom. The highest BCUT2D eigenvalue weighted by molar-refractivity contribution is 5.85. The van der Waals surface area contributed by atoms with E-state index in [0.29, 0.717) is 19.5 Å². The SMILES string of the molecule is COc1ccc(CCCC(=O)NCCN)cc1.Cl. The molecule has 0 fully saturated rings. The second-order valence-corrected chi connectivity index (χ2v) is 3.84. The summed E-state index contributed by atoms with van der Waals surface area (Å²) in [6.45, 7) is 1.05. The fourth-order valence-corrected chi connectivity index (χ4v) is 1.55. The monoisotopic (exact) mass is 272 g/mol. The number of hydrogen-bond acceptors (Lipinski definition) is 3. The number of nitrogens with one attached hydrogen (secondary N) is 1. The normalized spacial score (nSPS) is 9.44. The summed E-state index contributed by atoms with van der Waals surface area (Å²) in [4.78, 5) is 11.3. The second kappa shape index (κ2) is 9.74. The van der Waals surface area contributed by atoms with Crippen LogP contribution in [-0.4, -0.2) is 26.1 Å². The molecule has 0 radical (unpaired) electrons. The number of ether oxygens (including phenoxy) is 1. The number of carbonyl (C=O) groups excluding carboxylic acids is 1. The van der Waals surface area contributed by atoms with Crippen LogP contribution < -0.4 is 15.8 Å². The molecule has 0 aliphatic rings. The molecule has 0 aromatic heterocycles. The summed E-state index contributed by atoms with van der Waals surface area (Å²) in [6, 6.07) is 7.92. The van der Waals surface area contributed by atoms with Crippen molar-refractivity contribution in [3.05, 3.63) is 29.8 Å². The predicted molar refractivity (Wildman–Crippen MR) is 75.2 cm³/mol. The molecule has 0 bridgehead atoms. The highest BCUT2D eigenvalue weighted by Crippen LogP contribution is 2.12. The first-order valence-corrected chi connectivity index (χ1v) is 5.86. The van der Waals surface area contributed by atoms with E-state index in [1.165, 1.54) is 5.56 Å². The molecule has 0 unspecified atom stereocenters. The zero-order valence-electron chi connectivity index (χ0n) is 10.6. The van der Waals surface area contributed by atoms with Crippen LogP contribution in [0.3, 0.4) is 0 Å². The van der Waals surface area contributed by atoms with Crippen LogP contribution in [0.2, 0.25) is 0 Å². The zero-order chi connectivity index (χ0) is 12.5. The lowest BCUT2D eigenvalue weighted by molar-refractivity contribution is -0.121. The van der Waals surface area contributed by atoms with Crippen molar-refractivity contribution in [2.24, 2.45) is 5.73 Å². The van der Waals surface area contributed by atoms with Gasteiger partial charge < -0.3 is 15.8 Å². The number of carbonyl (C=O) groups is 1. The molecule has 3 N–H and O–H groups in total. The summed E-state index contributed by atoms with van der Waals surface area (Å²) < 4.78 is 5.08. The van der Waals surface area contributed by atoms with Crippen LogP contribution in [0.4, 0.5) is 0 Å². The molecule has 1 rings (SSSR count). The number of benzene rings is 1. The number of halogens is 1. The van der Waals surface area contributed by atoms with Gasteiger partial charge in [0.05, 0.1) is 7.11 Å². The van der Waals surface area contributed by atoms with Crippen molar-refractivity contribution >= 4 is 18.3 Å². The Morgan fingerprint density at radius 3 is 2.56 bits per heavy atom. The Labute approximate surface area is 114 Å². The van der Waals surface area contributed by atoms with Crippen LogP contribution in [0.15, 0.2) is 24.3 Å². The standard InChI is InChI=1S/C13H20N2O2.ClH/c1-17-12-7-5-11(6-8-12)3-2-4-13(16)15-10-9-14;/h5-8H,2-4,9-10,14H2,1H3,(H,15,16);1H. The third kappa shape index (κ3) is 6.47. The van der Waals surface area contributed by atoms with Crippen molar-refractivity contribution in [2.45, 2.75) is 19.3 Å². The van der Waals surface area contributed by atoms with E-state index < -0.39 is 0 Å². The third-order valence-electron chi connectivity index (χ3n) is 2.49. The third-order valence-corrected chi connectivity index (χ3v) is 2.49. The van der Waals surface area contributed by atoms with Crippen molar-refractivity contribution in [1.82, 2.24) is 5.32 Å². The van der Waals surface area contributed by atoms with E-state index in [2.05, 4.69) is 5.32 Å². The van der Waals surface area contributed by atoms with Gasteiger partial charge in [-0.2, -0.15) is 0 Å². The van der Waals surface area contributed by atoms with E-state index in [0.717, 1.165) is 18.6 Å². The zero-order valence-corrected chi connectivity index (χ0v) is 11.5. The minimum Gasteiger partial charge on any atom is -0.497 e. The van der Waals surface area contributed by atoms with Crippen LogP contribution in [0.1, 0.15) is 18.4 Å². The molecule has 102 valence electrons. The maximum atomic E-state index is 11.3. The van der Waals surface area contributed by atoms with Gasteiger partial charge in [-0.1, -0.05) is 12.1 Å². The Balaban J connectivity index is 0.00000289. The van der Waals surface area contributed by atoms with Gasteiger partial charge in [0.25, 0.3) is 0 Å². The van der Waals surface area contributed by atoms with Gasteiger partial charge >= 0.3 is 0 Å². The van der Waals surface area contributed by atoms with Crippen molar-refractivity contribution in [3.8, 4) is 5.75 Å². The van der Waals surface area contributed by atoms with E-state index in [9.17, 15) is 4.79 Å². The summed E-state index contributed by atoms with van der Waals surface area (Å²) in [5, 5.41) is 2.75. The summed E-state index contributed by atoms with van der Waals surface area (Å²) in [6.07, 6.45) is 2.30. The van der Waals surface area contributed by atoms with Crippen LogP contribution in [0.5, 0.6) is 5.75 Å². The molecule has 0 saturated carbocycles. The average Bonchev–Trinajstić information content (AvgIpc) is 2.37. The van der Waals surface area contributed by atoms with Crippen LogP contribution in [0, 0.1) is 0 Å². The lowest BCUT2D eigenvalue weighted by atomic mass is 10.1. The number of methoxy groups -OCH3 is 1. The Kier molecular flexibility index (Phi) is 9.06. The van der Waals surface area contributed by atoms with Crippen molar-refractivity contribution in [2.75, 3.05) is 20.2 Å². The van der Waals surface area contributed by atoms with Gasteiger partial charge in [0.15, 0.2) is 0 Å². The van der Waals surface area contributed by atoms with E-state index in [-0.39, 0.29) is 18.3 Å². The molecule has 0 atom stereocenters. The number of rotatable bonds is 7. The molecule has 4 nitrogen and oxygen atoms in total. The first kappa shape index (κ1) is 16.7. The van der Waals surface area contributed by atoms with E-state index in [4.69, 9.17) is 10.5 Å². The van der Waals surface area contributed by atoms with Gasteiger partial charge in [-0.05, 0) is 30.5 Å². The van der Waals surface area contributed by atoms with E-state index >= 15 is 0 Å². The van der Waals surface area contributed by atoms with Gasteiger partial charge in [-0.25, -0.2) is 0 Å². The van der Waals surface area contributed by atoms with Crippen molar-refractivity contribution in [1.29, 1.82) is 0 Å². The number of aryl methyl sites for hydroxylation is 1. The van der Waals surface area contributed by atoms with Gasteiger partial charge in [0, 0.05) is 19.5 Å². The predicted octanol–water partition coefficient (Wildman–Crippen LogP) is 1.51. The summed E-state index contributed by atoms with van der Waals surface area (Å²) in [7, 11) is 1.65. The highest BCUT2D eigenvalue weighted by Gasteiger charge is 2.00. The molecule has 1 aromatic carbocycles.